The van der Waals surface area contributed by atoms with E-state index in [4.69, 9.17) is 0 Å². The molecule has 0 unspecified atom stereocenters. The normalized spacial score (nSPS) is 11.7. The van der Waals surface area contributed by atoms with Crippen LogP contribution in [-0.4, -0.2) is 0 Å². The summed E-state index contributed by atoms with van der Waals surface area (Å²) in [5, 5.41) is 7.74. The molecule has 2 heterocycles. The minimum absolute atomic E-state index is 1.14. The summed E-state index contributed by atoms with van der Waals surface area (Å²) in [4.78, 5) is 2.45. The molecule has 0 amide bonds. The minimum Gasteiger partial charge on any atom is -0.309 e. The van der Waals surface area contributed by atoms with E-state index in [1.165, 1.54) is 79.1 Å². The predicted molar refractivity (Wildman–Crippen MR) is 215 cm³/mol. The van der Waals surface area contributed by atoms with E-state index < -0.39 is 0 Å². The highest BCUT2D eigenvalue weighted by Crippen LogP contribution is 2.48. The molecule has 8 aromatic carbocycles. The summed E-state index contributed by atoms with van der Waals surface area (Å²) in [6.45, 7) is 0. The first-order valence-electron chi connectivity index (χ1n) is 16.6. The average molecular weight is 660 g/mol. The molecule has 0 fully saturated rings. The van der Waals surface area contributed by atoms with Gasteiger partial charge in [-0.25, -0.2) is 0 Å². The monoisotopic (exact) mass is 659 g/mol. The van der Waals surface area contributed by atoms with Crippen molar-refractivity contribution in [1.82, 2.24) is 0 Å². The Morgan fingerprint density at radius 2 is 1.02 bits per heavy atom. The van der Waals surface area contributed by atoms with Gasteiger partial charge in [0.05, 0.1) is 10.4 Å². The van der Waals surface area contributed by atoms with Crippen LogP contribution in [0.25, 0.3) is 73.4 Å². The molecule has 0 radical (unpaired) electrons. The molecule has 0 saturated carbocycles. The molecule has 0 saturated heterocycles. The number of hydrogen-bond acceptors (Lipinski definition) is 3. The van der Waals surface area contributed by atoms with Crippen molar-refractivity contribution in [3.8, 4) is 22.3 Å². The van der Waals surface area contributed by atoms with Gasteiger partial charge in [-0.15, -0.1) is 22.7 Å². The summed E-state index contributed by atoms with van der Waals surface area (Å²) >= 11 is 3.76. The lowest BCUT2D eigenvalue weighted by molar-refractivity contribution is 1.31. The van der Waals surface area contributed by atoms with Crippen LogP contribution >= 0.6 is 22.7 Å². The molecule has 49 heavy (non-hydrogen) atoms. The predicted octanol–water partition coefficient (Wildman–Crippen LogP) is 14.4. The van der Waals surface area contributed by atoms with Crippen molar-refractivity contribution in [2.75, 3.05) is 4.90 Å². The molecule has 10 rings (SSSR count). The first-order valence-corrected chi connectivity index (χ1v) is 18.2. The highest BCUT2D eigenvalue weighted by Gasteiger charge is 2.20. The summed E-state index contributed by atoms with van der Waals surface area (Å²) in [6.07, 6.45) is 0. The fourth-order valence-electron chi connectivity index (χ4n) is 7.28. The second-order valence-corrected chi connectivity index (χ2v) is 14.6. The highest BCUT2D eigenvalue weighted by molar-refractivity contribution is 7.27. The first kappa shape index (κ1) is 28.3. The summed E-state index contributed by atoms with van der Waals surface area (Å²) in [5.41, 5.74) is 8.45. The van der Waals surface area contributed by atoms with Gasteiger partial charge in [0.2, 0.25) is 0 Å². The maximum absolute atomic E-state index is 2.45. The van der Waals surface area contributed by atoms with Gasteiger partial charge in [0.25, 0.3) is 0 Å². The molecule has 10 aromatic rings. The van der Waals surface area contributed by atoms with Gasteiger partial charge >= 0.3 is 0 Å². The highest BCUT2D eigenvalue weighted by atomic mass is 32.1. The Labute approximate surface area is 292 Å². The SMILES string of the molecule is c1ccc(-c2cccc3c2sc2c(N(c4ccc(-c5ccc6ccccc6c5)cc4)c4ccc5c(c4)sc4ccccc45)cccc23)cc1. The van der Waals surface area contributed by atoms with E-state index in [0.717, 1.165) is 11.4 Å². The molecule has 0 N–H and O–H groups in total. The molecular formula is C46H29NS2. The zero-order chi connectivity index (χ0) is 32.3. The van der Waals surface area contributed by atoms with E-state index in [9.17, 15) is 0 Å². The van der Waals surface area contributed by atoms with Gasteiger partial charge in [0.15, 0.2) is 0 Å². The molecule has 0 aliphatic carbocycles. The molecular weight excluding hydrogens is 631 g/mol. The Kier molecular flexibility index (Phi) is 6.61. The van der Waals surface area contributed by atoms with Gasteiger partial charge in [-0.3, -0.25) is 0 Å². The van der Waals surface area contributed by atoms with Crippen molar-refractivity contribution in [1.29, 1.82) is 0 Å². The van der Waals surface area contributed by atoms with Crippen molar-refractivity contribution in [3.05, 3.63) is 176 Å². The summed E-state index contributed by atoms with van der Waals surface area (Å²) in [6, 6.07) is 64.4. The zero-order valence-electron chi connectivity index (χ0n) is 26.5. The fraction of sp³-hybridized carbons (Fsp3) is 0. The summed E-state index contributed by atoms with van der Waals surface area (Å²) in [7, 11) is 0. The van der Waals surface area contributed by atoms with Gasteiger partial charge in [0.1, 0.15) is 0 Å². The Morgan fingerprint density at radius 3 is 1.90 bits per heavy atom. The fourth-order valence-corrected chi connectivity index (χ4v) is 9.76. The smallest absolute Gasteiger partial charge is 0.0640 e. The van der Waals surface area contributed by atoms with E-state index in [2.05, 4.69) is 181 Å². The first-order chi connectivity index (χ1) is 24.3. The van der Waals surface area contributed by atoms with Gasteiger partial charge < -0.3 is 4.90 Å². The number of nitrogens with zero attached hydrogens (tertiary/aromatic N) is 1. The quantitative estimate of drug-likeness (QED) is 0.178. The average Bonchev–Trinajstić information content (AvgIpc) is 3.74. The van der Waals surface area contributed by atoms with Gasteiger partial charge in [-0.05, 0) is 75.5 Å². The van der Waals surface area contributed by atoms with Gasteiger partial charge in [-0.1, -0.05) is 133 Å². The van der Waals surface area contributed by atoms with Crippen LogP contribution < -0.4 is 4.90 Å². The number of anilines is 3. The van der Waals surface area contributed by atoms with Crippen LogP contribution in [-0.2, 0) is 0 Å². The maximum Gasteiger partial charge on any atom is 0.0640 e. The largest absolute Gasteiger partial charge is 0.309 e. The standard InChI is InChI=1S/C46H29NS2/c1-2-11-32(12-3-1)37-15-8-16-40-41-17-9-18-42(46(41)49-45(37)40)47(36-26-27-39-38-14-6-7-19-43(38)48-44(39)29-36)35-24-22-31(23-25-35)34-21-20-30-10-4-5-13-33(30)28-34/h1-29H. The third-order valence-corrected chi connectivity index (χ3v) is 12.1. The van der Waals surface area contributed by atoms with E-state index in [1.54, 1.807) is 0 Å². The van der Waals surface area contributed by atoms with E-state index >= 15 is 0 Å². The van der Waals surface area contributed by atoms with Crippen LogP contribution in [0.4, 0.5) is 17.1 Å². The molecule has 0 aliphatic heterocycles. The number of thiophene rings is 2. The molecule has 3 heteroatoms. The molecule has 2 aromatic heterocycles. The second kappa shape index (κ2) is 11.5. The maximum atomic E-state index is 2.45. The van der Waals surface area contributed by atoms with Crippen LogP contribution in [0.15, 0.2) is 176 Å². The molecule has 1 nitrogen and oxygen atoms in total. The molecule has 230 valence electrons. The lowest BCUT2D eigenvalue weighted by Crippen LogP contribution is -2.09. The zero-order valence-corrected chi connectivity index (χ0v) is 28.1. The van der Waals surface area contributed by atoms with Crippen molar-refractivity contribution in [2.24, 2.45) is 0 Å². The molecule has 0 spiro atoms. The minimum atomic E-state index is 1.14. The Morgan fingerprint density at radius 1 is 0.347 bits per heavy atom. The number of fused-ring (bicyclic) bond motifs is 7. The summed E-state index contributed by atoms with van der Waals surface area (Å²) in [5.74, 6) is 0. The van der Waals surface area contributed by atoms with Gasteiger partial charge in [-0.2, -0.15) is 0 Å². The topological polar surface area (TPSA) is 3.24 Å². The van der Waals surface area contributed by atoms with E-state index in [1.807, 2.05) is 22.7 Å². The Balaban J connectivity index is 1.17. The van der Waals surface area contributed by atoms with Crippen LogP contribution in [0.2, 0.25) is 0 Å². The van der Waals surface area contributed by atoms with Crippen molar-refractivity contribution < 1.29 is 0 Å². The van der Waals surface area contributed by atoms with Crippen LogP contribution in [0.3, 0.4) is 0 Å². The molecule has 0 aliphatic rings. The van der Waals surface area contributed by atoms with E-state index in [-0.39, 0.29) is 0 Å². The molecule has 0 atom stereocenters. The number of hydrogen-bond donors (Lipinski definition) is 0. The third kappa shape index (κ3) is 4.74. The van der Waals surface area contributed by atoms with Crippen molar-refractivity contribution in [2.45, 2.75) is 0 Å². The second-order valence-electron chi connectivity index (χ2n) is 12.5. The van der Waals surface area contributed by atoms with Crippen molar-refractivity contribution in [3.63, 3.8) is 0 Å². The number of rotatable bonds is 5. The van der Waals surface area contributed by atoms with Crippen LogP contribution in [0, 0.1) is 0 Å². The molecule has 0 bridgehead atoms. The van der Waals surface area contributed by atoms with Crippen LogP contribution in [0.1, 0.15) is 0 Å². The third-order valence-electron chi connectivity index (χ3n) is 9.66. The van der Waals surface area contributed by atoms with Gasteiger partial charge in [0, 0.05) is 47.0 Å². The lowest BCUT2D eigenvalue weighted by Gasteiger charge is -2.26. The summed E-state index contributed by atoms with van der Waals surface area (Å²) < 4.78 is 5.23. The van der Waals surface area contributed by atoms with E-state index in [0.29, 0.717) is 0 Å². The Bertz CT molecular complexity index is 2830. The van der Waals surface area contributed by atoms with Crippen LogP contribution in [0.5, 0.6) is 0 Å². The Hall–Kier alpha value is -5.74. The van der Waals surface area contributed by atoms with Crippen molar-refractivity contribution >= 4 is 90.9 Å². The lowest BCUT2D eigenvalue weighted by atomic mass is 10.0. The number of benzene rings is 8.